The maximum absolute atomic E-state index is 13.1. The van der Waals surface area contributed by atoms with Crippen molar-refractivity contribution >= 4 is 11.8 Å². The monoisotopic (exact) mass is 326 g/mol. The molecular formula is C20H26N2O2. The van der Waals surface area contributed by atoms with Crippen LogP contribution in [0.5, 0.6) is 0 Å². The molecule has 0 radical (unpaired) electrons. The minimum Gasteiger partial charge on any atom is -0.351 e. The smallest absolute Gasteiger partial charge is 0.315 e. The summed E-state index contributed by atoms with van der Waals surface area (Å²) in [6.07, 6.45) is 7.28. The Morgan fingerprint density at radius 3 is 2.71 bits per heavy atom. The first-order valence-corrected chi connectivity index (χ1v) is 8.80. The summed E-state index contributed by atoms with van der Waals surface area (Å²) in [6.45, 7) is 5.50. The molecule has 0 saturated heterocycles. The number of ketones is 1. The second kappa shape index (κ2) is 6.42. The summed E-state index contributed by atoms with van der Waals surface area (Å²) in [5.74, 6) is 0.155. The molecule has 1 aromatic rings. The van der Waals surface area contributed by atoms with Crippen molar-refractivity contribution in [1.29, 1.82) is 0 Å². The highest BCUT2D eigenvalue weighted by Gasteiger charge is 2.30. The van der Waals surface area contributed by atoms with Gasteiger partial charge in [-0.2, -0.15) is 0 Å². The number of nitrogens with two attached hydrogens (primary N) is 1. The van der Waals surface area contributed by atoms with Gasteiger partial charge in [-0.3, -0.25) is 4.79 Å². The van der Waals surface area contributed by atoms with Gasteiger partial charge in [-0.25, -0.2) is 4.79 Å². The Labute approximate surface area is 143 Å². The highest BCUT2D eigenvalue weighted by Crippen LogP contribution is 2.37. The summed E-state index contributed by atoms with van der Waals surface area (Å²) in [5.41, 5.74) is 9.27. The number of primary amides is 1. The lowest BCUT2D eigenvalue weighted by molar-refractivity contribution is 0.100. The average Bonchev–Trinajstić information content (AvgIpc) is 2.73. The zero-order valence-corrected chi connectivity index (χ0v) is 14.6. The van der Waals surface area contributed by atoms with Crippen LogP contribution in [0.25, 0.3) is 0 Å². The molecule has 1 aliphatic heterocycles. The SMILES string of the molecule is CC1(C)CCCCC=C1C(=O)c1ccc2c(c1)CCN(C(N)=O)C2. The molecule has 2 N–H and O–H groups in total. The molecule has 1 aliphatic carbocycles. The largest absolute Gasteiger partial charge is 0.351 e. The van der Waals surface area contributed by atoms with E-state index in [2.05, 4.69) is 19.9 Å². The van der Waals surface area contributed by atoms with Crippen LogP contribution in [-0.2, 0) is 13.0 Å². The summed E-state index contributed by atoms with van der Waals surface area (Å²) < 4.78 is 0. The van der Waals surface area contributed by atoms with Gasteiger partial charge in [0.05, 0.1) is 0 Å². The lowest BCUT2D eigenvalue weighted by Crippen LogP contribution is -2.39. The number of hydrogen-bond donors (Lipinski definition) is 1. The molecule has 24 heavy (non-hydrogen) atoms. The normalized spacial score (nSPS) is 19.9. The van der Waals surface area contributed by atoms with Gasteiger partial charge in [0.2, 0.25) is 0 Å². The lowest BCUT2D eigenvalue weighted by atomic mass is 9.77. The number of carbonyl (C=O) groups is 2. The van der Waals surface area contributed by atoms with Crippen molar-refractivity contribution in [3.63, 3.8) is 0 Å². The average molecular weight is 326 g/mol. The topological polar surface area (TPSA) is 63.4 Å². The molecule has 3 rings (SSSR count). The molecular weight excluding hydrogens is 300 g/mol. The molecule has 0 atom stereocenters. The maximum atomic E-state index is 13.1. The van der Waals surface area contributed by atoms with E-state index in [0.29, 0.717) is 13.1 Å². The summed E-state index contributed by atoms with van der Waals surface area (Å²) in [5, 5.41) is 0. The molecule has 128 valence electrons. The number of urea groups is 1. The Kier molecular flexibility index (Phi) is 4.48. The number of benzene rings is 1. The summed E-state index contributed by atoms with van der Waals surface area (Å²) in [7, 11) is 0. The molecule has 0 bridgehead atoms. The number of allylic oxidation sites excluding steroid dienone is 2. The zero-order chi connectivity index (χ0) is 17.3. The van der Waals surface area contributed by atoms with Crippen molar-refractivity contribution in [3.05, 3.63) is 46.5 Å². The summed E-state index contributed by atoms with van der Waals surface area (Å²) in [4.78, 5) is 26.0. The van der Waals surface area contributed by atoms with Gasteiger partial charge in [0.15, 0.2) is 5.78 Å². The van der Waals surface area contributed by atoms with Crippen LogP contribution >= 0.6 is 0 Å². The molecule has 2 amide bonds. The Balaban J connectivity index is 1.87. The molecule has 4 nitrogen and oxygen atoms in total. The highest BCUT2D eigenvalue weighted by atomic mass is 16.2. The molecule has 0 unspecified atom stereocenters. The third-order valence-electron chi connectivity index (χ3n) is 5.37. The first-order valence-electron chi connectivity index (χ1n) is 8.80. The van der Waals surface area contributed by atoms with E-state index >= 15 is 0 Å². The van der Waals surface area contributed by atoms with Gasteiger partial charge in [-0.1, -0.05) is 38.5 Å². The van der Waals surface area contributed by atoms with E-state index in [9.17, 15) is 9.59 Å². The Bertz CT molecular complexity index is 704. The van der Waals surface area contributed by atoms with Crippen LogP contribution in [0.1, 0.15) is 61.0 Å². The van der Waals surface area contributed by atoms with Crippen LogP contribution < -0.4 is 5.73 Å². The Morgan fingerprint density at radius 1 is 1.17 bits per heavy atom. The van der Waals surface area contributed by atoms with Crippen LogP contribution in [0.4, 0.5) is 4.79 Å². The molecule has 1 heterocycles. The van der Waals surface area contributed by atoms with Crippen molar-refractivity contribution in [1.82, 2.24) is 4.90 Å². The minimum absolute atomic E-state index is 0.0632. The molecule has 0 saturated carbocycles. The van der Waals surface area contributed by atoms with E-state index in [1.54, 1.807) is 4.90 Å². The fourth-order valence-electron chi connectivity index (χ4n) is 3.81. The van der Waals surface area contributed by atoms with Crippen LogP contribution in [0, 0.1) is 5.41 Å². The maximum Gasteiger partial charge on any atom is 0.315 e. The van der Waals surface area contributed by atoms with Crippen molar-refractivity contribution < 1.29 is 9.59 Å². The second-order valence-corrected chi connectivity index (χ2v) is 7.57. The van der Waals surface area contributed by atoms with Crippen molar-refractivity contribution in [2.45, 2.75) is 52.5 Å². The van der Waals surface area contributed by atoms with Gasteiger partial charge in [0.1, 0.15) is 0 Å². The van der Waals surface area contributed by atoms with Crippen LogP contribution in [0.2, 0.25) is 0 Å². The van der Waals surface area contributed by atoms with E-state index in [1.807, 2.05) is 18.2 Å². The van der Waals surface area contributed by atoms with Crippen LogP contribution in [0.3, 0.4) is 0 Å². The Morgan fingerprint density at radius 2 is 1.96 bits per heavy atom. The number of hydrogen-bond acceptors (Lipinski definition) is 2. The van der Waals surface area contributed by atoms with Crippen LogP contribution in [0.15, 0.2) is 29.8 Å². The number of rotatable bonds is 2. The predicted octanol–water partition coefficient (Wildman–Crippen LogP) is 3.83. The molecule has 2 aliphatic rings. The third-order valence-corrected chi connectivity index (χ3v) is 5.37. The predicted molar refractivity (Wildman–Crippen MR) is 94.8 cm³/mol. The molecule has 0 spiro atoms. The highest BCUT2D eigenvalue weighted by molar-refractivity contribution is 6.09. The number of Topliss-reactive ketones (excluding diaryl/α,β-unsaturated/α-hetero) is 1. The molecule has 4 heteroatoms. The first kappa shape index (κ1) is 16.7. The van der Waals surface area contributed by atoms with Gasteiger partial charge in [-0.05, 0) is 48.3 Å². The summed E-state index contributed by atoms with van der Waals surface area (Å²) >= 11 is 0. The van der Waals surface area contributed by atoms with E-state index in [4.69, 9.17) is 5.73 Å². The van der Waals surface area contributed by atoms with Gasteiger partial charge >= 0.3 is 6.03 Å². The number of amides is 2. The fourth-order valence-corrected chi connectivity index (χ4v) is 3.81. The number of carbonyl (C=O) groups excluding carboxylic acids is 2. The van der Waals surface area contributed by atoms with Gasteiger partial charge < -0.3 is 10.6 Å². The van der Waals surface area contributed by atoms with Gasteiger partial charge in [-0.15, -0.1) is 0 Å². The Hall–Kier alpha value is -2.10. The fraction of sp³-hybridized carbons (Fsp3) is 0.500. The minimum atomic E-state index is -0.383. The standard InChI is InChI=1S/C20H26N2O2/c1-20(2)10-5-3-4-6-17(20)18(23)15-7-8-16-13-22(19(21)24)11-9-14(16)12-15/h6-8,12H,3-5,9-11,13H2,1-2H3,(H2,21,24). The van der Waals surface area contributed by atoms with E-state index in [1.165, 1.54) is 6.42 Å². The number of fused-ring (bicyclic) bond motifs is 1. The van der Waals surface area contributed by atoms with E-state index < -0.39 is 0 Å². The van der Waals surface area contributed by atoms with E-state index in [0.717, 1.165) is 47.9 Å². The van der Waals surface area contributed by atoms with Crippen molar-refractivity contribution in [3.8, 4) is 0 Å². The molecule has 0 aromatic heterocycles. The van der Waals surface area contributed by atoms with Gasteiger partial charge in [0.25, 0.3) is 0 Å². The zero-order valence-electron chi connectivity index (χ0n) is 14.6. The van der Waals surface area contributed by atoms with Crippen molar-refractivity contribution in [2.24, 2.45) is 11.1 Å². The quantitative estimate of drug-likeness (QED) is 0.839. The number of nitrogens with zero attached hydrogens (tertiary/aromatic N) is 1. The molecule has 1 aromatic carbocycles. The molecule has 0 fully saturated rings. The van der Waals surface area contributed by atoms with E-state index in [-0.39, 0.29) is 17.2 Å². The summed E-state index contributed by atoms with van der Waals surface area (Å²) in [6, 6.07) is 5.50. The third kappa shape index (κ3) is 3.23. The van der Waals surface area contributed by atoms with Gasteiger partial charge in [0, 0.05) is 24.2 Å². The lowest BCUT2D eigenvalue weighted by Gasteiger charge is -2.28. The second-order valence-electron chi connectivity index (χ2n) is 7.57. The first-order chi connectivity index (χ1) is 11.4. The van der Waals surface area contributed by atoms with Crippen molar-refractivity contribution in [2.75, 3.05) is 6.54 Å². The van der Waals surface area contributed by atoms with Crippen LogP contribution in [-0.4, -0.2) is 23.3 Å².